The normalized spacial score (nSPS) is 41.1. The zero-order valence-electron chi connectivity index (χ0n) is 11.6. The van der Waals surface area contributed by atoms with Gasteiger partial charge in [0.1, 0.15) is 5.54 Å². The molecule has 3 unspecified atom stereocenters. The van der Waals surface area contributed by atoms with Crippen LogP contribution in [0.1, 0.15) is 38.5 Å². The van der Waals surface area contributed by atoms with Gasteiger partial charge in [-0.05, 0) is 58.2 Å². The Hall–Kier alpha value is -0.650. The van der Waals surface area contributed by atoms with Crippen LogP contribution in [0.15, 0.2) is 0 Å². The minimum atomic E-state index is -0.980. The molecule has 19 heavy (non-hydrogen) atoms. The molecule has 3 atom stereocenters. The molecule has 0 bridgehead atoms. The SMILES string of the molecule is NC1(C(=O)O)CCC(N2CCCN3CCCC3C2)C1. The average Bonchev–Trinajstić information content (AvgIpc) is 2.92. The lowest BCUT2D eigenvalue weighted by Crippen LogP contribution is -2.48. The quantitative estimate of drug-likeness (QED) is 0.762. The van der Waals surface area contributed by atoms with E-state index in [4.69, 9.17) is 5.73 Å². The third-order valence-electron chi connectivity index (χ3n) is 5.30. The predicted molar refractivity (Wildman–Crippen MR) is 73.0 cm³/mol. The summed E-state index contributed by atoms with van der Waals surface area (Å²) in [6.45, 7) is 4.67. The first kappa shape index (κ1) is 13.3. The Bertz CT molecular complexity index is 363. The molecular formula is C14H25N3O2. The van der Waals surface area contributed by atoms with E-state index in [1.54, 1.807) is 0 Å². The summed E-state index contributed by atoms with van der Waals surface area (Å²) in [7, 11) is 0. The number of carboxylic acid groups (broad SMARTS) is 1. The molecule has 3 N–H and O–H groups in total. The second-order valence-electron chi connectivity index (χ2n) is 6.54. The Morgan fingerprint density at radius 3 is 2.58 bits per heavy atom. The van der Waals surface area contributed by atoms with Crippen LogP contribution in [0.25, 0.3) is 0 Å². The Balaban J connectivity index is 1.64. The molecule has 1 saturated carbocycles. The minimum absolute atomic E-state index is 0.377. The number of rotatable bonds is 2. The highest BCUT2D eigenvalue weighted by Crippen LogP contribution is 2.33. The largest absolute Gasteiger partial charge is 0.480 e. The lowest BCUT2D eigenvalue weighted by atomic mass is 9.99. The highest BCUT2D eigenvalue weighted by atomic mass is 16.4. The Kier molecular flexibility index (Phi) is 3.53. The molecule has 3 rings (SSSR count). The van der Waals surface area contributed by atoms with Gasteiger partial charge in [0.05, 0.1) is 0 Å². The molecule has 2 heterocycles. The van der Waals surface area contributed by atoms with Crippen molar-refractivity contribution in [1.82, 2.24) is 9.80 Å². The number of fused-ring (bicyclic) bond motifs is 1. The smallest absolute Gasteiger partial charge is 0.323 e. The van der Waals surface area contributed by atoms with Crippen LogP contribution >= 0.6 is 0 Å². The summed E-state index contributed by atoms with van der Waals surface area (Å²) in [6, 6.07) is 1.07. The maximum Gasteiger partial charge on any atom is 0.323 e. The van der Waals surface area contributed by atoms with Crippen molar-refractivity contribution in [3.63, 3.8) is 0 Å². The molecule has 0 spiro atoms. The van der Waals surface area contributed by atoms with Crippen LogP contribution < -0.4 is 5.73 Å². The van der Waals surface area contributed by atoms with E-state index in [1.165, 1.54) is 32.4 Å². The van der Waals surface area contributed by atoms with E-state index in [0.717, 1.165) is 19.5 Å². The molecule has 0 aromatic carbocycles. The molecule has 3 fully saturated rings. The van der Waals surface area contributed by atoms with Crippen LogP contribution in [0.5, 0.6) is 0 Å². The zero-order chi connectivity index (χ0) is 13.5. The Morgan fingerprint density at radius 2 is 1.84 bits per heavy atom. The van der Waals surface area contributed by atoms with Crippen LogP contribution in [0, 0.1) is 0 Å². The van der Waals surface area contributed by atoms with Crippen molar-refractivity contribution in [2.45, 2.75) is 56.1 Å². The molecule has 1 aliphatic carbocycles. The van der Waals surface area contributed by atoms with Gasteiger partial charge in [-0.25, -0.2) is 0 Å². The van der Waals surface area contributed by atoms with E-state index in [1.807, 2.05) is 0 Å². The highest BCUT2D eigenvalue weighted by Gasteiger charge is 2.44. The van der Waals surface area contributed by atoms with Gasteiger partial charge < -0.3 is 10.8 Å². The lowest BCUT2D eigenvalue weighted by Gasteiger charge is -2.31. The van der Waals surface area contributed by atoms with Crippen LogP contribution in [0.3, 0.4) is 0 Å². The van der Waals surface area contributed by atoms with E-state index in [2.05, 4.69) is 9.80 Å². The number of carbonyl (C=O) groups is 1. The van der Waals surface area contributed by atoms with Crippen molar-refractivity contribution in [3.05, 3.63) is 0 Å². The number of carboxylic acids is 1. The maximum absolute atomic E-state index is 11.3. The van der Waals surface area contributed by atoms with Gasteiger partial charge in [-0.1, -0.05) is 0 Å². The number of hydrogen-bond acceptors (Lipinski definition) is 4. The number of hydrogen-bond donors (Lipinski definition) is 2. The molecule has 3 aliphatic rings. The maximum atomic E-state index is 11.3. The standard InChI is InChI=1S/C14H25N3O2/c15-14(13(18)19)5-4-11(9-14)17-8-2-7-16-6-1-3-12(16)10-17/h11-12H,1-10,15H2,(H,18,19). The van der Waals surface area contributed by atoms with E-state index in [-0.39, 0.29) is 0 Å². The van der Waals surface area contributed by atoms with E-state index < -0.39 is 11.5 Å². The molecule has 0 radical (unpaired) electrons. The molecular weight excluding hydrogens is 242 g/mol. The summed E-state index contributed by atoms with van der Waals surface area (Å²) >= 11 is 0. The van der Waals surface area contributed by atoms with E-state index in [0.29, 0.717) is 24.9 Å². The fourth-order valence-corrected chi connectivity index (χ4v) is 4.12. The monoisotopic (exact) mass is 267 g/mol. The van der Waals surface area contributed by atoms with Gasteiger partial charge in [0.2, 0.25) is 0 Å². The van der Waals surface area contributed by atoms with Gasteiger partial charge in [0.25, 0.3) is 0 Å². The van der Waals surface area contributed by atoms with Gasteiger partial charge in [-0.2, -0.15) is 0 Å². The average molecular weight is 267 g/mol. The first-order valence-electron chi connectivity index (χ1n) is 7.59. The zero-order valence-corrected chi connectivity index (χ0v) is 11.6. The number of nitrogens with zero attached hydrogens (tertiary/aromatic N) is 2. The molecule has 0 aromatic heterocycles. The first-order chi connectivity index (χ1) is 9.08. The van der Waals surface area contributed by atoms with Crippen molar-refractivity contribution in [2.24, 2.45) is 5.73 Å². The fourth-order valence-electron chi connectivity index (χ4n) is 4.12. The van der Waals surface area contributed by atoms with Crippen LogP contribution in [0.2, 0.25) is 0 Å². The van der Waals surface area contributed by atoms with Gasteiger partial charge in [0.15, 0.2) is 0 Å². The first-order valence-corrected chi connectivity index (χ1v) is 7.59. The molecule has 108 valence electrons. The van der Waals surface area contributed by atoms with Gasteiger partial charge in [-0.3, -0.25) is 14.6 Å². The van der Waals surface area contributed by atoms with Crippen LogP contribution in [-0.4, -0.2) is 64.7 Å². The molecule has 2 aliphatic heterocycles. The summed E-state index contributed by atoms with van der Waals surface area (Å²) in [5.41, 5.74) is 5.03. The second kappa shape index (κ2) is 5.04. The molecule has 5 nitrogen and oxygen atoms in total. The summed E-state index contributed by atoms with van der Waals surface area (Å²) in [4.78, 5) is 16.4. The molecule has 0 amide bonds. The van der Waals surface area contributed by atoms with E-state index in [9.17, 15) is 9.90 Å². The molecule has 5 heteroatoms. The third-order valence-corrected chi connectivity index (χ3v) is 5.30. The summed E-state index contributed by atoms with van der Waals surface area (Å²) in [5, 5.41) is 9.24. The Labute approximate surface area is 114 Å². The highest BCUT2D eigenvalue weighted by molar-refractivity contribution is 5.79. The van der Waals surface area contributed by atoms with Gasteiger partial charge >= 0.3 is 5.97 Å². The topological polar surface area (TPSA) is 69.8 Å². The van der Waals surface area contributed by atoms with E-state index >= 15 is 0 Å². The van der Waals surface area contributed by atoms with Crippen molar-refractivity contribution >= 4 is 5.97 Å². The third kappa shape index (κ3) is 2.51. The van der Waals surface area contributed by atoms with Crippen LogP contribution in [0.4, 0.5) is 0 Å². The number of aliphatic carboxylic acids is 1. The fraction of sp³-hybridized carbons (Fsp3) is 0.929. The summed E-state index contributed by atoms with van der Waals surface area (Å²) in [5.74, 6) is -0.827. The summed E-state index contributed by atoms with van der Waals surface area (Å²) in [6.07, 6.45) is 6.01. The molecule has 2 saturated heterocycles. The van der Waals surface area contributed by atoms with Gasteiger partial charge in [-0.15, -0.1) is 0 Å². The van der Waals surface area contributed by atoms with Crippen molar-refractivity contribution in [1.29, 1.82) is 0 Å². The van der Waals surface area contributed by atoms with Crippen LogP contribution in [-0.2, 0) is 4.79 Å². The molecule has 0 aromatic rings. The van der Waals surface area contributed by atoms with Crippen molar-refractivity contribution < 1.29 is 9.90 Å². The number of nitrogens with two attached hydrogens (primary N) is 1. The van der Waals surface area contributed by atoms with Gasteiger partial charge in [0, 0.05) is 18.6 Å². The summed E-state index contributed by atoms with van der Waals surface area (Å²) < 4.78 is 0. The van der Waals surface area contributed by atoms with Crippen molar-refractivity contribution in [2.75, 3.05) is 26.2 Å². The lowest BCUT2D eigenvalue weighted by molar-refractivity contribution is -0.143. The second-order valence-corrected chi connectivity index (χ2v) is 6.54. The van der Waals surface area contributed by atoms with Crippen molar-refractivity contribution in [3.8, 4) is 0 Å². The Morgan fingerprint density at radius 1 is 1.11 bits per heavy atom. The minimum Gasteiger partial charge on any atom is -0.480 e. The predicted octanol–water partition coefficient (Wildman–Crippen LogP) is 0.491.